The summed E-state index contributed by atoms with van der Waals surface area (Å²) >= 11 is 0. The number of ether oxygens (including phenoxy) is 1. The van der Waals surface area contributed by atoms with Crippen LogP contribution in [0.1, 0.15) is 38.5 Å². The molecule has 1 aromatic rings. The largest absolute Gasteiger partial charge is 0.573 e. The van der Waals surface area contributed by atoms with E-state index in [0.717, 1.165) is 57.3 Å². The van der Waals surface area contributed by atoms with E-state index in [9.17, 15) is 21.6 Å². The van der Waals surface area contributed by atoms with Crippen LogP contribution in [0.2, 0.25) is 0 Å². The smallest absolute Gasteiger partial charge is 0.406 e. The summed E-state index contributed by atoms with van der Waals surface area (Å²) in [6.45, 7) is 2.78. The lowest BCUT2D eigenvalue weighted by atomic mass is 9.78. The van der Waals surface area contributed by atoms with Crippen LogP contribution < -0.4 is 9.64 Å². The molecule has 0 unspecified atom stereocenters. The van der Waals surface area contributed by atoms with Crippen molar-refractivity contribution in [1.29, 1.82) is 0 Å². The summed E-state index contributed by atoms with van der Waals surface area (Å²) in [7, 11) is -3.16. The second-order valence-electron chi connectivity index (χ2n) is 8.69. The quantitative estimate of drug-likeness (QED) is 0.706. The molecule has 29 heavy (non-hydrogen) atoms. The van der Waals surface area contributed by atoms with Gasteiger partial charge < -0.3 is 9.64 Å². The van der Waals surface area contributed by atoms with Crippen molar-refractivity contribution in [2.24, 2.45) is 11.3 Å². The Labute approximate surface area is 169 Å². The van der Waals surface area contributed by atoms with E-state index in [1.807, 2.05) is 0 Å². The zero-order chi connectivity index (χ0) is 20.7. The van der Waals surface area contributed by atoms with Gasteiger partial charge in [-0.05, 0) is 67.7 Å². The van der Waals surface area contributed by atoms with Gasteiger partial charge >= 0.3 is 6.36 Å². The van der Waals surface area contributed by atoms with Crippen LogP contribution in [0.25, 0.3) is 0 Å². The van der Waals surface area contributed by atoms with E-state index < -0.39 is 16.4 Å². The molecule has 2 saturated heterocycles. The first kappa shape index (κ1) is 20.8. The maximum Gasteiger partial charge on any atom is 0.573 e. The van der Waals surface area contributed by atoms with E-state index in [0.29, 0.717) is 24.8 Å². The summed E-state index contributed by atoms with van der Waals surface area (Å²) in [5.41, 5.74) is 0.959. The molecule has 0 N–H and O–H groups in total. The third-order valence-corrected chi connectivity index (χ3v) is 8.77. The molecule has 3 fully saturated rings. The Bertz CT molecular complexity index is 814. The molecule has 162 valence electrons. The molecule has 1 saturated carbocycles. The van der Waals surface area contributed by atoms with Gasteiger partial charge in [0, 0.05) is 31.9 Å². The van der Waals surface area contributed by atoms with E-state index in [2.05, 4.69) is 9.64 Å². The van der Waals surface area contributed by atoms with Gasteiger partial charge in [-0.1, -0.05) is 6.42 Å². The molecule has 0 amide bonds. The van der Waals surface area contributed by atoms with Crippen molar-refractivity contribution >= 4 is 15.7 Å². The maximum absolute atomic E-state index is 12.6. The van der Waals surface area contributed by atoms with E-state index in [-0.39, 0.29) is 11.2 Å². The number of benzene rings is 1. The molecule has 5 nitrogen and oxygen atoms in total. The third-order valence-electron chi connectivity index (χ3n) is 6.72. The van der Waals surface area contributed by atoms with E-state index in [1.165, 1.54) is 12.1 Å². The Morgan fingerprint density at radius 3 is 2.21 bits per heavy atom. The van der Waals surface area contributed by atoms with Crippen LogP contribution >= 0.6 is 0 Å². The number of halogens is 3. The van der Waals surface area contributed by atoms with Crippen molar-refractivity contribution < 1.29 is 26.3 Å². The summed E-state index contributed by atoms with van der Waals surface area (Å²) in [6, 6.07) is 5.98. The van der Waals surface area contributed by atoms with Gasteiger partial charge in [-0.25, -0.2) is 12.7 Å². The van der Waals surface area contributed by atoms with Gasteiger partial charge in [-0.15, -0.1) is 13.2 Å². The molecule has 2 aliphatic heterocycles. The molecule has 1 spiro atoms. The number of anilines is 1. The van der Waals surface area contributed by atoms with Crippen LogP contribution in [0.4, 0.5) is 18.9 Å². The van der Waals surface area contributed by atoms with Crippen molar-refractivity contribution in [2.45, 2.75) is 44.9 Å². The topological polar surface area (TPSA) is 49.9 Å². The minimum atomic E-state index is -4.69. The minimum absolute atomic E-state index is 0.0869. The highest BCUT2D eigenvalue weighted by Crippen LogP contribution is 2.43. The highest BCUT2D eigenvalue weighted by atomic mass is 32.2. The number of rotatable bonds is 5. The standard InChI is InChI=1S/C20H27F3N2O3S/c21-20(22,23)28-18-6-4-17(5-7-18)24-11-8-19(15-24)9-12-25(13-10-19)29(26,27)14-16-2-1-3-16/h4-7,16H,1-3,8-15H2. The Kier molecular flexibility index (Phi) is 5.48. The monoisotopic (exact) mass is 432 g/mol. The zero-order valence-electron chi connectivity index (χ0n) is 16.3. The van der Waals surface area contributed by atoms with Gasteiger partial charge in [-0.3, -0.25) is 0 Å². The predicted molar refractivity (Wildman–Crippen MR) is 104 cm³/mol. The van der Waals surface area contributed by atoms with Gasteiger partial charge in [0.05, 0.1) is 5.75 Å². The fourth-order valence-corrected chi connectivity index (χ4v) is 6.60. The summed E-state index contributed by atoms with van der Waals surface area (Å²) in [4.78, 5) is 2.18. The van der Waals surface area contributed by atoms with Crippen molar-refractivity contribution in [3.05, 3.63) is 24.3 Å². The Morgan fingerprint density at radius 1 is 1.03 bits per heavy atom. The SMILES string of the molecule is O=S(=O)(CC1CCC1)N1CCC2(CCN(c3ccc(OC(F)(F)F)cc3)C2)CC1. The molecule has 0 atom stereocenters. The van der Waals surface area contributed by atoms with E-state index >= 15 is 0 Å². The number of hydrogen-bond donors (Lipinski definition) is 0. The molecule has 1 aliphatic carbocycles. The fourth-order valence-electron chi connectivity index (χ4n) is 4.72. The van der Waals surface area contributed by atoms with Crippen molar-refractivity contribution in [2.75, 3.05) is 36.8 Å². The molecular weight excluding hydrogens is 405 g/mol. The Hall–Kier alpha value is -1.48. The van der Waals surface area contributed by atoms with Crippen molar-refractivity contribution in [3.63, 3.8) is 0 Å². The Morgan fingerprint density at radius 2 is 1.66 bits per heavy atom. The molecule has 3 aliphatic rings. The van der Waals surface area contributed by atoms with Crippen LogP contribution in [0.3, 0.4) is 0 Å². The second-order valence-corrected chi connectivity index (χ2v) is 10.7. The first-order valence-electron chi connectivity index (χ1n) is 10.2. The van der Waals surface area contributed by atoms with Crippen molar-refractivity contribution in [3.8, 4) is 5.75 Å². The second kappa shape index (κ2) is 7.65. The number of hydrogen-bond acceptors (Lipinski definition) is 4. The first-order valence-corrected chi connectivity index (χ1v) is 11.8. The molecule has 1 aromatic carbocycles. The van der Waals surface area contributed by atoms with Crippen molar-refractivity contribution in [1.82, 2.24) is 4.31 Å². The van der Waals surface area contributed by atoms with Gasteiger partial charge in [0.2, 0.25) is 10.0 Å². The summed E-state index contributed by atoms with van der Waals surface area (Å²) in [5.74, 6) is 0.403. The number of alkyl halides is 3. The molecule has 0 bridgehead atoms. The summed E-state index contributed by atoms with van der Waals surface area (Å²) in [6.07, 6.45) is 1.15. The average molecular weight is 433 g/mol. The molecular formula is C20H27F3N2O3S. The van der Waals surface area contributed by atoms with Gasteiger partial charge in [0.1, 0.15) is 5.75 Å². The van der Waals surface area contributed by atoms with Gasteiger partial charge in [-0.2, -0.15) is 0 Å². The Balaban J connectivity index is 1.33. The van der Waals surface area contributed by atoms with Crippen LogP contribution in [0.5, 0.6) is 5.75 Å². The molecule has 0 aromatic heterocycles. The lowest BCUT2D eigenvalue weighted by Gasteiger charge is -2.39. The predicted octanol–water partition coefficient (Wildman–Crippen LogP) is 4.01. The third kappa shape index (κ3) is 4.82. The van der Waals surface area contributed by atoms with Crippen LogP contribution in [0, 0.1) is 11.3 Å². The number of nitrogens with zero attached hydrogens (tertiary/aromatic N) is 2. The molecule has 2 heterocycles. The molecule has 9 heteroatoms. The first-order chi connectivity index (χ1) is 13.6. The maximum atomic E-state index is 12.6. The lowest BCUT2D eigenvalue weighted by Crippen LogP contribution is -2.46. The highest BCUT2D eigenvalue weighted by molar-refractivity contribution is 7.89. The molecule has 4 rings (SSSR count). The van der Waals surface area contributed by atoms with Gasteiger partial charge in [0.15, 0.2) is 0 Å². The van der Waals surface area contributed by atoms with Crippen LogP contribution in [0.15, 0.2) is 24.3 Å². The number of piperidine rings is 1. The number of sulfonamides is 1. The normalized spacial score (nSPS) is 23.3. The zero-order valence-corrected chi connectivity index (χ0v) is 17.1. The average Bonchev–Trinajstić information content (AvgIpc) is 3.02. The van der Waals surface area contributed by atoms with Crippen LogP contribution in [-0.4, -0.2) is 51.0 Å². The fraction of sp³-hybridized carbons (Fsp3) is 0.700. The summed E-state index contributed by atoms with van der Waals surface area (Å²) in [5, 5.41) is 0. The van der Waals surface area contributed by atoms with E-state index in [1.54, 1.807) is 16.4 Å². The van der Waals surface area contributed by atoms with Gasteiger partial charge in [0.25, 0.3) is 0 Å². The summed E-state index contributed by atoms with van der Waals surface area (Å²) < 4.78 is 67.8. The highest BCUT2D eigenvalue weighted by Gasteiger charge is 2.43. The van der Waals surface area contributed by atoms with E-state index in [4.69, 9.17) is 0 Å². The minimum Gasteiger partial charge on any atom is -0.406 e. The molecule has 0 radical (unpaired) electrons. The van der Waals surface area contributed by atoms with Crippen LogP contribution in [-0.2, 0) is 10.0 Å². The lowest BCUT2D eigenvalue weighted by molar-refractivity contribution is -0.274.